The number of sulfone groups is 1. The van der Waals surface area contributed by atoms with Gasteiger partial charge in [0.1, 0.15) is 4.90 Å². The standard InChI is InChI=1S/C16H20N4O4S2/c1-25(21,22)14-7-2-3-8-15(14)26(23,24)19-13-6-4-11-20(12-13)16-17-9-5-10-18-16/h2-3,5,7-10,13,19H,4,6,11-12H2,1H3. The molecule has 1 fully saturated rings. The molecule has 0 bridgehead atoms. The van der Waals surface area contributed by atoms with E-state index in [2.05, 4.69) is 14.7 Å². The monoisotopic (exact) mass is 396 g/mol. The lowest BCUT2D eigenvalue weighted by Gasteiger charge is -2.33. The van der Waals surface area contributed by atoms with Crippen molar-refractivity contribution < 1.29 is 16.8 Å². The number of piperidine rings is 1. The zero-order valence-electron chi connectivity index (χ0n) is 14.2. The van der Waals surface area contributed by atoms with Crippen LogP contribution < -0.4 is 9.62 Å². The van der Waals surface area contributed by atoms with E-state index in [9.17, 15) is 16.8 Å². The average molecular weight is 396 g/mol. The van der Waals surface area contributed by atoms with E-state index in [0.29, 0.717) is 18.9 Å². The molecule has 26 heavy (non-hydrogen) atoms. The summed E-state index contributed by atoms with van der Waals surface area (Å²) >= 11 is 0. The predicted octanol–water partition coefficient (Wildman–Crippen LogP) is 0.827. The van der Waals surface area contributed by atoms with E-state index in [4.69, 9.17) is 0 Å². The lowest BCUT2D eigenvalue weighted by atomic mass is 10.1. The molecule has 0 amide bonds. The third kappa shape index (κ3) is 4.19. The SMILES string of the molecule is CS(=O)(=O)c1ccccc1S(=O)(=O)NC1CCCN(c2ncccn2)C1. The molecule has 10 heteroatoms. The molecular formula is C16H20N4O4S2. The number of benzene rings is 1. The molecule has 1 unspecified atom stereocenters. The van der Waals surface area contributed by atoms with Crippen molar-refractivity contribution in [2.24, 2.45) is 0 Å². The van der Waals surface area contributed by atoms with Crippen molar-refractivity contribution in [3.63, 3.8) is 0 Å². The van der Waals surface area contributed by atoms with E-state index in [0.717, 1.165) is 19.2 Å². The van der Waals surface area contributed by atoms with E-state index < -0.39 is 19.9 Å². The molecule has 1 atom stereocenters. The first-order valence-corrected chi connectivity index (χ1v) is 11.5. The van der Waals surface area contributed by atoms with Gasteiger partial charge in [-0.05, 0) is 31.0 Å². The minimum absolute atomic E-state index is 0.202. The number of hydrogen-bond acceptors (Lipinski definition) is 7. The predicted molar refractivity (Wildman–Crippen MR) is 97.1 cm³/mol. The summed E-state index contributed by atoms with van der Waals surface area (Å²) < 4.78 is 52.0. The summed E-state index contributed by atoms with van der Waals surface area (Å²) in [6.45, 7) is 1.16. The fourth-order valence-electron chi connectivity index (χ4n) is 2.97. The van der Waals surface area contributed by atoms with Crippen LogP contribution in [0.2, 0.25) is 0 Å². The van der Waals surface area contributed by atoms with E-state index in [1.807, 2.05) is 4.90 Å². The van der Waals surface area contributed by atoms with Crippen LogP contribution in [0.5, 0.6) is 0 Å². The van der Waals surface area contributed by atoms with Gasteiger partial charge in [0.25, 0.3) is 0 Å². The Hall–Kier alpha value is -2.04. The summed E-state index contributed by atoms with van der Waals surface area (Å²) in [7, 11) is -7.64. The first-order chi connectivity index (χ1) is 12.3. The first-order valence-electron chi connectivity index (χ1n) is 8.11. The first kappa shape index (κ1) is 18.7. The van der Waals surface area contributed by atoms with Crippen LogP contribution in [0, 0.1) is 0 Å². The quantitative estimate of drug-likeness (QED) is 0.797. The summed E-state index contributed by atoms with van der Waals surface area (Å²) in [5.41, 5.74) is 0. The Morgan fingerprint density at radius 2 is 1.69 bits per heavy atom. The maximum atomic E-state index is 12.8. The Labute approximate surface area is 153 Å². The van der Waals surface area contributed by atoms with Gasteiger partial charge in [-0.2, -0.15) is 0 Å². The van der Waals surface area contributed by atoms with Crippen LogP contribution in [0.15, 0.2) is 52.5 Å². The molecule has 1 N–H and O–H groups in total. The third-order valence-corrected chi connectivity index (χ3v) is 6.98. The Bertz CT molecular complexity index is 978. The van der Waals surface area contributed by atoms with Crippen molar-refractivity contribution in [3.05, 3.63) is 42.7 Å². The number of aromatic nitrogens is 2. The molecule has 2 heterocycles. The zero-order valence-corrected chi connectivity index (χ0v) is 15.9. The van der Waals surface area contributed by atoms with Crippen LogP contribution >= 0.6 is 0 Å². The van der Waals surface area contributed by atoms with Gasteiger partial charge in [-0.1, -0.05) is 12.1 Å². The highest BCUT2D eigenvalue weighted by molar-refractivity contribution is 7.93. The fourth-order valence-corrected chi connectivity index (χ4v) is 5.86. The molecule has 1 saturated heterocycles. The van der Waals surface area contributed by atoms with E-state index in [-0.39, 0.29) is 15.8 Å². The molecule has 0 aliphatic carbocycles. The summed E-state index contributed by atoms with van der Waals surface area (Å²) in [6, 6.07) is 6.98. The molecular weight excluding hydrogens is 376 g/mol. The summed E-state index contributed by atoms with van der Waals surface area (Å²) in [6.07, 6.45) is 5.70. The van der Waals surface area contributed by atoms with Crippen molar-refractivity contribution in [3.8, 4) is 0 Å². The maximum Gasteiger partial charge on any atom is 0.242 e. The topological polar surface area (TPSA) is 109 Å². The largest absolute Gasteiger partial charge is 0.339 e. The second-order valence-corrected chi connectivity index (χ2v) is 9.84. The van der Waals surface area contributed by atoms with Crippen LogP contribution in [0.3, 0.4) is 0 Å². The number of sulfonamides is 1. The molecule has 1 aliphatic rings. The summed E-state index contributed by atoms with van der Waals surface area (Å²) in [5.74, 6) is 0.549. The van der Waals surface area contributed by atoms with Gasteiger partial charge in [0.15, 0.2) is 9.84 Å². The van der Waals surface area contributed by atoms with E-state index in [1.165, 1.54) is 24.3 Å². The molecule has 1 aromatic carbocycles. The Morgan fingerprint density at radius 3 is 2.35 bits per heavy atom. The van der Waals surface area contributed by atoms with Crippen molar-refractivity contribution in [2.45, 2.75) is 28.7 Å². The number of rotatable bonds is 5. The van der Waals surface area contributed by atoms with Gasteiger partial charge in [0, 0.05) is 37.8 Å². The molecule has 3 rings (SSSR count). The van der Waals surface area contributed by atoms with Gasteiger partial charge in [0.2, 0.25) is 16.0 Å². The number of anilines is 1. The highest BCUT2D eigenvalue weighted by atomic mass is 32.2. The normalized spacial score (nSPS) is 18.7. The van der Waals surface area contributed by atoms with Crippen LogP contribution in [0.1, 0.15) is 12.8 Å². The molecule has 2 aromatic rings. The van der Waals surface area contributed by atoms with Crippen molar-refractivity contribution in [1.82, 2.24) is 14.7 Å². The summed E-state index contributed by atoms with van der Waals surface area (Å²) in [4.78, 5) is 9.88. The van der Waals surface area contributed by atoms with Crippen molar-refractivity contribution in [2.75, 3.05) is 24.2 Å². The molecule has 140 valence electrons. The van der Waals surface area contributed by atoms with Crippen LogP contribution in [0.25, 0.3) is 0 Å². The van der Waals surface area contributed by atoms with E-state index in [1.54, 1.807) is 18.5 Å². The highest BCUT2D eigenvalue weighted by Crippen LogP contribution is 2.22. The van der Waals surface area contributed by atoms with Crippen LogP contribution in [0.4, 0.5) is 5.95 Å². The fraction of sp³-hybridized carbons (Fsp3) is 0.375. The maximum absolute atomic E-state index is 12.8. The molecule has 0 spiro atoms. The highest BCUT2D eigenvalue weighted by Gasteiger charge is 2.29. The number of nitrogens with zero attached hydrogens (tertiary/aromatic N) is 3. The Morgan fingerprint density at radius 1 is 1.04 bits per heavy atom. The van der Waals surface area contributed by atoms with Crippen LogP contribution in [-0.2, 0) is 19.9 Å². The Kier molecular flexibility index (Phi) is 5.26. The van der Waals surface area contributed by atoms with Crippen molar-refractivity contribution in [1.29, 1.82) is 0 Å². The third-order valence-electron chi connectivity index (χ3n) is 4.12. The zero-order chi connectivity index (χ0) is 18.8. The minimum atomic E-state index is -3.98. The minimum Gasteiger partial charge on any atom is -0.339 e. The van der Waals surface area contributed by atoms with Gasteiger partial charge >= 0.3 is 0 Å². The van der Waals surface area contributed by atoms with Gasteiger partial charge in [-0.3, -0.25) is 0 Å². The lowest BCUT2D eigenvalue weighted by Crippen LogP contribution is -2.48. The molecule has 8 nitrogen and oxygen atoms in total. The van der Waals surface area contributed by atoms with Gasteiger partial charge in [-0.25, -0.2) is 31.5 Å². The van der Waals surface area contributed by atoms with Gasteiger partial charge in [-0.15, -0.1) is 0 Å². The number of hydrogen-bond donors (Lipinski definition) is 1. The number of nitrogens with one attached hydrogen (secondary N) is 1. The average Bonchev–Trinajstić information content (AvgIpc) is 2.62. The lowest BCUT2D eigenvalue weighted by molar-refractivity contribution is 0.461. The molecule has 0 saturated carbocycles. The molecule has 0 radical (unpaired) electrons. The van der Waals surface area contributed by atoms with Gasteiger partial charge in [0.05, 0.1) is 4.90 Å². The van der Waals surface area contributed by atoms with Crippen LogP contribution in [-0.4, -0.2) is 52.2 Å². The van der Waals surface area contributed by atoms with Crippen molar-refractivity contribution >= 4 is 25.8 Å². The second-order valence-electron chi connectivity index (χ2n) is 6.17. The Balaban J connectivity index is 1.82. The molecule has 1 aromatic heterocycles. The smallest absolute Gasteiger partial charge is 0.242 e. The van der Waals surface area contributed by atoms with E-state index >= 15 is 0 Å². The van der Waals surface area contributed by atoms with Gasteiger partial charge < -0.3 is 4.90 Å². The molecule has 1 aliphatic heterocycles. The summed E-state index contributed by atoms with van der Waals surface area (Å²) in [5, 5.41) is 0. The second kappa shape index (κ2) is 7.29.